The van der Waals surface area contributed by atoms with Crippen molar-refractivity contribution >= 4 is 23.0 Å². The minimum absolute atomic E-state index is 0.581. The number of fused-ring (bicyclic) bond motifs is 2. The summed E-state index contributed by atoms with van der Waals surface area (Å²) in [4.78, 5) is 2.13. The van der Waals surface area contributed by atoms with Gasteiger partial charge < -0.3 is 10.2 Å². The van der Waals surface area contributed by atoms with E-state index in [2.05, 4.69) is 28.9 Å². The van der Waals surface area contributed by atoms with Crippen molar-refractivity contribution in [2.45, 2.75) is 31.7 Å². The molecule has 0 spiro atoms. The van der Waals surface area contributed by atoms with Crippen LogP contribution in [-0.2, 0) is 0 Å². The predicted molar refractivity (Wildman–Crippen MR) is 89.0 cm³/mol. The van der Waals surface area contributed by atoms with Crippen molar-refractivity contribution < 1.29 is 0 Å². The molecular weight excluding hydrogens is 264 g/mol. The van der Waals surface area contributed by atoms with Crippen molar-refractivity contribution in [2.24, 2.45) is 11.8 Å². The highest BCUT2D eigenvalue weighted by molar-refractivity contribution is 7.80. The maximum absolute atomic E-state index is 5.64. The van der Waals surface area contributed by atoms with Crippen LogP contribution in [0.15, 0.2) is 43.0 Å². The predicted octanol–water partition coefficient (Wildman–Crippen LogP) is 3.74. The molecular formula is C17H22N2S. The normalized spacial score (nSPS) is 27.3. The Morgan fingerprint density at radius 1 is 1.30 bits per heavy atom. The van der Waals surface area contributed by atoms with Gasteiger partial charge in [0.15, 0.2) is 5.11 Å². The van der Waals surface area contributed by atoms with E-state index in [4.69, 9.17) is 12.2 Å². The van der Waals surface area contributed by atoms with Gasteiger partial charge in [-0.2, -0.15) is 0 Å². The molecule has 2 fully saturated rings. The minimum Gasteiger partial charge on any atom is -0.359 e. The third kappa shape index (κ3) is 2.73. The van der Waals surface area contributed by atoms with Gasteiger partial charge in [-0.25, -0.2) is 0 Å². The second-order valence-corrected chi connectivity index (χ2v) is 6.35. The molecule has 2 bridgehead atoms. The summed E-state index contributed by atoms with van der Waals surface area (Å²) in [6.07, 6.45) is 7.39. The Morgan fingerprint density at radius 2 is 2.10 bits per heavy atom. The SMILES string of the molecule is C=CCN(C(=S)N[C@H]1C[C@H]2CC[C@@H]1C2)c1ccccc1. The summed E-state index contributed by atoms with van der Waals surface area (Å²) in [5, 5.41) is 4.44. The first-order valence-corrected chi connectivity index (χ1v) is 7.92. The Balaban J connectivity index is 1.68. The lowest BCUT2D eigenvalue weighted by molar-refractivity contribution is 0.390. The largest absolute Gasteiger partial charge is 0.359 e. The minimum atomic E-state index is 0.581. The fourth-order valence-electron chi connectivity index (χ4n) is 3.70. The quantitative estimate of drug-likeness (QED) is 0.670. The molecule has 3 heteroatoms. The average Bonchev–Trinajstić information content (AvgIpc) is 3.08. The van der Waals surface area contributed by atoms with Crippen LogP contribution in [-0.4, -0.2) is 17.7 Å². The van der Waals surface area contributed by atoms with Gasteiger partial charge in [0.1, 0.15) is 0 Å². The molecule has 3 rings (SSSR count). The third-order valence-electron chi connectivity index (χ3n) is 4.67. The number of para-hydroxylation sites is 1. The number of nitrogens with zero attached hydrogens (tertiary/aromatic N) is 1. The maximum atomic E-state index is 5.64. The number of nitrogens with one attached hydrogen (secondary N) is 1. The fourth-order valence-corrected chi connectivity index (χ4v) is 4.03. The van der Waals surface area contributed by atoms with E-state index < -0.39 is 0 Å². The molecule has 2 aliphatic carbocycles. The monoisotopic (exact) mass is 286 g/mol. The zero-order valence-electron chi connectivity index (χ0n) is 11.8. The number of hydrogen-bond acceptors (Lipinski definition) is 1. The van der Waals surface area contributed by atoms with Gasteiger partial charge in [0.05, 0.1) is 0 Å². The van der Waals surface area contributed by atoms with Gasteiger partial charge >= 0.3 is 0 Å². The molecule has 0 aromatic heterocycles. The molecule has 0 amide bonds. The lowest BCUT2D eigenvalue weighted by Crippen LogP contribution is -2.46. The second-order valence-electron chi connectivity index (χ2n) is 5.97. The van der Waals surface area contributed by atoms with E-state index in [9.17, 15) is 0 Å². The van der Waals surface area contributed by atoms with Crippen LogP contribution in [0.1, 0.15) is 25.7 Å². The van der Waals surface area contributed by atoms with Crippen LogP contribution in [0.5, 0.6) is 0 Å². The molecule has 1 aromatic rings. The molecule has 0 heterocycles. The van der Waals surface area contributed by atoms with E-state index in [1.54, 1.807) is 0 Å². The van der Waals surface area contributed by atoms with Gasteiger partial charge in [0.2, 0.25) is 0 Å². The molecule has 2 saturated carbocycles. The fraction of sp³-hybridized carbons (Fsp3) is 0.471. The van der Waals surface area contributed by atoms with Crippen molar-refractivity contribution in [2.75, 3.05) is 11.4 Å². The van der Waals surface area contributed by atoms with E-state index in [0.717, 1.165) is 29.2 Å². The lowest BCUT2D eigenvalue weighted by atomic mass is 9.95. The summed E-state index contributed by atoms with van der Waals surface area (Å²) in [6.45, 7) is 4.60. The Morgan fingerprint density at radius 3 is 2.70 bits per heavy atom. The summed E-state index contributed by atoms with van der Waals surface area (Å²) in [5.74, 6) is 1.77. The molecule has 20 heavy (non-hydrogen) atoms. The highest BCUT2D eigenvalue weighted by Crippen LogP contribution is 2.44. The zero-order valence-corrected chi connectivity index (χ0v) is 12.6. The first-order chi connectivity index (χ1) is 9.78. The molecule has 0 radical (unpaired) electrons. The molecule has 1 aromatic carbocycles. The Hall–Kier alpha value is -1.35. The van der Waals surface area contributed by atoms with Gasteiger partial charge in [-0.05, 0) is 55.4 Å². The second kappa shape index (κ2) is 5.96. The van der Waals surface area contributed by atoms with Gasteiger partial charge in [-0.1, -0.05) is 30.7 Å². The number of thiocarbonyl (C=S) groups is 1. The number of rotatable bonds is 4. The lowest BCUT2D eigenvalue weighted by Gasteiger charge is -2.30. The van der Waals surface area contributed by atoms with E-state index in [0.29, 0.717) is 6.04 Å². The summed E-state index contributed by atoms with van der Waals surface area (Å²) in [5.41, 5.74) is 1.13. The molecule has 106 valence electrons. The molecule has 3 atom stereocenters. The summed E-state index contributed by atoms with van der Waals surface area (Å²) in [6, 6.07) is 10.9. The molecule has 2 aliphatic rings. The van der Waals surface area contributed by atoms with Crippen molar-refractivity contribution in [3.05, 3.63) is 43.0 Å². The Kier molecular flexibility index (Phi) is 4.06. The average molecular weight is 286 g/mol. The Labute approximate surface area is 126 Å². The highest BCUT2D eigenvalue weighted by atomic mass is 32.1. The standard InChI is InChI=1S/C17H22N2S/c1-2-10-19(15-6-4-3-5-7-15)17(20)18-16-12-13-8-9-14(16)11-13/h2-7,13-14,16H,1,8-12H2,(H,18,20)/t13-,14+,16-/m0/s1. The Bertz CT molecular complexity index is 485. The van der Waals surface area contributed by atoms with E-state index in [-0.39, 0.29) is 0 Å². The summed E-state index contributed by atoms with van der Waals surface area (Å²) >= 11 is 5.64. The topological polar surface area (TPSA) is 15.3 Å². The first kappa shape index (κ1) is 13.6. The van der Waals surface area contributed by atoms with Crippen LogP contribution in [0.25, 0.3) is 0 Å². The van der Waals surface area contributed by atoms with Crippen molar-refractivity contribution in [3.8, 4) is 0 Å². The molecule has 0 saturated heterocycles. The first-order valence-electron chi connectivity index (χ1n) is 7.52. The van der Waals surface area contributed by atoms with Gasteiger partial charge in [0.25, 0.3) is 0 Å². The van der Waals surface area contributed by atoms with Crippen molar-refractivity contribution in [3.63, 3.8) is 0 Å². The van der Waals surface area contributed by atoms with Gasteiger partial charge in [-0.3, -0.25) is 0 Å². The summed E-state index contributed by atoms with van der Waals surface area (Å²) < 4.78 is 0. The van der Waals surface area contributed by atoms with Crippen LogP contribution in [0.4, 0.5) is 5.69 Å². The van der Waals surface area contributed by atoms with Crippen molar-refractivity contribution in [1.82, 2.24) is 5.32 Å². The van der Waals surface area contributed by atoms with Crippen LogP contribution >= 0.6 is 12.2 Å². The van der Waals surface area contributed by atoms with Crippen molar-refractivity contribution in [1.29, 1.82) is 0 Å². The summed E-state index contributed by atoms with van der Waals surface area (Å²) in [7, 11) is 0. The zero-order chi connectivity index (χ0) is 13.9. The smallest absolute Gasteiger partial charge is 0.173 e. The van der Waals surface area contributed by atoms with Gasteiger partial charge in [0, 0.05) is 18.3 Å². The van der Waals surface area contributed by atoms with E-state index in [1.165, 1.54) is 25.7 Å². The number of benzene rings is 1. The molecule has 0 aliphatic heterocycles. The maximum Gasteiger partial charge on any atom is 0.173 e. The molecule has 1 N–H and O–H groups in total. The van der Waals surface area contributed by atoms with Gasteiger partial charge in [-0.15, -0.1) is 6.58 Å². The third-order valence-corrected chi connectivity index (χ3v) is 5.01. The number of anilines is 1. The number of hydrogen-bond donors (Lipinski definition) is 1. The highest BCUT2D eigenvalue weighted by Gasteiger charge is 2.40. The molecule has 2 nitrogen and oxygen atoms in total. The molecule has 0 unspecified atom stereocenters. The van der Waals surface area contributed by atoms with Crippen LogP contribution in [0.2, 0.25) is 0 Å². The van der Waals surface area contributed by atoms with E-state index in [1.807, 2.05) is 24.3 Å². The van der Waals surface area contributed by atoms with E-state index >= 15 is 0 Å². The van der Waals surface area contributed by atoms with Crippen LogP contribution in [0, 0.1) is 11.8 Å². The van der Waals surface area contributed by atoms with Crippen LogP contribution in [0.3, 0.4) is 0 Å². The van der Waals surface area contributed by atoms with Crippen LogP contribution < -0.4 is 10.2 Å².